The third-order valence-corrected chi connectivity index (χ3v) is 6.32. The largest absolute Gasteiger partial charge is 0.396 e. The van der Waals surface area contributed by atoms with Crippen LogP contribution >= 0.6 is 11.3 Å². The smallest absolute Gasteiger partial charge is 0.231 e. The Labute approximate surface area is 149 Å². The zero-order chi connectivity index (χ0) is 17.8. The van der Waals surface area contributed by atoms with Crippen molar-refractivity contribution in [3.63, 3.8) is 0 Å². The molecule has 2 heterocycles. The van der Waals surface area contributed by atoms with Crippen LogP contribution in [0.1, 0.15) is 24.1 Å². The number of carbonyl (C=O) groups excluding carboxylic acids is 1. The van der Waals surface area contributed by atoms with E-state index in [9.17, 15) is 9.18 Å². The number of benzene rings is 1. The van der Waals surface area contributed by atoms with E-state index in [4.69, 9.17) is 16.5 Å². The van der Waals surface area contributed by atoms with E-state index >= 15 is 0 Å². The molecule has 1 aromatic carbocycles. The molecule has 4 rings (SSSR count). The van der Waals surface area contributed by atoms with Crippen molar-refractivity contribution in [1.29, 1.82) is 0 Å². The molecule has 4 N–H and O–H groups in total. The lowest BCUT2D eigenvalue weighted by Gasteiger charge is -2.35. The van der Waals surface area contributed by atoms with Crippen molar-refractivity contribution in [3.05, 3.63) is 41.0 Å². The number of nitrogens with two attached hydrogens (primary N) is 2. The van der Waals surface area contributed by atoms with Gasteiger partial charge in [-0.05, 0) is 48.6 Å². The van der Waals surface area contributed by atoms with Gasteiger partial charge in [0.1, 0.15) is 11.4 Å². The minimum atomic E-state index is -0.567. The van der Waals surface area contributed by atoms with Crippen LogP contribution in [0, 0.1) is 11.7 Å². The molecule has 0 saturated heterocycles. The normalized spacial score (nSPS) is 23.7. The summed E-state index contributed by atoms with van der Waals surface area (Å²) in [5.41, 5.74) is 12.1. The summed E-state index contributed by atoms with van der Waals surface area (Å²) in [6.45, 7) is 0. The van der Waals surface area contributed by atoms with Crippen LogP contribution < -0.4 is 11.5 Å². The molecule has 7 heteroatoms. The molecule has 2 aromatic rings. The number of anilines is 1. The third kappa shape index (κ3) is 2.59. The van der Waals surface area contributed by atoms with E-state index in [1.807, 2.05) is 12.1 Å². The van der Waals surface area contributed by atoms with E-state index in [2.05, 4.69) is 0 Å². The second-order valence-electron chi connectivity index (χ2n) is 6.70. The second-order valence-corrected chi connectivity index (χ2v) is 7.78. The van der Waals surface area contributed by atoms with Crippen molar-refractivity contribution in [2.45, 2.75) is 24.8 Å². The van der Waals surface area contributed by atoms with E-state index in [0.717, 1.165) is 28.2 Å². The average Bonchev–Trinajstić information content (AvgIpc) is 3.32. The summed E-state index contributed by atoms with van der Waals surface area (Å²) < 4.78 is 13.4. The predicted molar refractivity (Wildman–Crippen MR) is 97.5 cm³/mol. The quantitative estimate of drug-likeness (QED) is 0.828. The number of hydrogen-bond donors (Lipinski definition) is 2. The van der Waals surface area contributed by atoms with Crippen molar-refractivity contribution in [3.8, 4) is 10.4 Å². The lowest BCUT2D eigenvalue weighted by Crippen LogP contribution is -2.49. The van der Waals surface area contributed by atoms with E-state index in [0.29, 0.717) is 12.3 Å². The number of nitrogen functional groups attached to an aromatic ring is 1. The molecule has 1 aromatic heterocycles. The first kappa shape index (κ1) is 16.1. The van der Waals surface area contributed by atoms with E-state index in [1.54, 1.807) is 30.5 Å². The maximum Gasteiger partial charge on any atom is 0.231 e. The summed E-state index contributed by atoms with van der Waals surface area (Å²) in [6, 6.07) is 8.70. The van der Waals surface area contributed by atoms with E-state index < -0.39 is 11.4 Å². The SMILES string of the molecule is CN1C(=O)CC(c2ccc(-c3ccc(F)c(N)c3)s2)(C2CC2)N=C1N. The molecule has 1 amide bonds. The Morgan fingerprint density at radius 2 is 2.04 bits per heavy atom. The number of nitrogens with zero attached hydrogens (tertiary/aromatic N) is 2. The van der Waals surface area contributed by atoms with Crippen LogP contribution in [0.15, 0.2) is 35.3 Å². The van der Waals surface area contributed by atoms with Gasteiger partial charge in [0, 0.05) is 16.8 Å². The number of hydrogen-bond acceptors (Lipinski definition) is 5. The summed E-state index contributed by atoms with van der Waals surface area (Å²) in [7, 11) is 1.65. The van der Waals surface area contributed by atoms with Crippen LogP contribution in [0.4, 0.5) is 10.1 Å². The number of thiophene rings is 1. The van der Waals surface area contributed by atoms with Crippen molar-refractivity contribution in [2.75, 3.05) is 12.8 Å². The molecule has 1 unspecified atom stereocenters. The summed E-state index contributed by atoms with van der Waals surface area (Å²) in [4.78, 5) is 20.5. The second kappa shape index (κ2) is 5.56. The first-order valence-corrected chi connectivity index (χ1v) is 9.00. The van der Waals surface area contributed by atoms with Crippen LogP contribution in [-0.4, -0.2) is 23.8 Å². The Morgan fingerprint density at radius 3 is 2.68 bits per heavy atom. The standard InChI is InChI=1S/C18H19FN4OS/c1-23-16(24)9-18(11-3-4-11,22-17(23)21)15-7-6-14(25-15)10-2-5-12(19)13(20)8-10/h2,5-8,11H,3-4,9,20H2,1H3,(H2,21,22). The van der Waals surface area contributed by atoms with Gasteiger partial charge in [0.15, 0.2) is 5.96 Å². The topological polar surface area (TPSA) is 84.7 Å². The number of aliphatic imine (C=N–C) groups is 1. The zero-order valence-corrected chi connectivity index (χ0v) is 14.6. The van der Waals surface area contributed by atoms with Gasteiger partial charge in [0.05, 0.1) is 12.1 Å². The Hall–Kier alpha value is -2.41. The molecule has 1 aliphatic carbocycles. The first-order chi connectivity index (χ1) is 11.9. The highest BCUT2D eigenvalue weighted by Gasteiger charge is 2.51. The fourth-order valence-electron chi connectivity index (χ4n) is 3.36. The maximum absolute atomic E-state index is 13.4. The van der Waals surface area contributed by atoms with Gasteiger partial charge in [-0.2, -0.15) is 0 Å². The van der Waals surface area contributed by atoms with Gasteiger partial charge in [-0.25, -0.2) is 9.38 Å². The molecule has 1 atom stereocenters. The van der Waals surface area contributed by atoms with Gasteiger partial charge >= 0.3 is 0 Å². The van der Waals surface area contributed by atoms with Crippen molar-refractivity contribution in [1.82, 2.24) is 4.90 Å². The number of carbonyl (C=O) groups is 1. The van der Waals surface area contributed by atoms with Crippen molar-refractivity contribution >= 4 is 28.9 Å². The van der Waals surface area contributed by atoms with Gasteiger partial charge in [-0.1, -0.05) is 6.07 Å². The summed E-state index contributed by atoms with van der Waals surface area (Å²) in [5, 5.41) is 0. The van der Waals surface area contributed by atoms with E-state index in [1.165, 1.54) is 11.0 Å². The highest BCUT2D eigenvalue weighted by atomic mass is 32.1. The van der Waals surface area contributed by atoms with Crippen LogP contribution in [0.25, 0.3) is 10.4 Å². The first-order valence-electron chi connectivity index (χ1n) is 8.18. The molecule has 5 nitrogen and oxygen atoms in total. The number of guanidine groups is 1. The molecule has 0 radical (unpaired) electrons. The van der Waals surface area contributed by atoms with Gasteiger partial charge < -0.3 is 11.5 Å². The molecule has 1 fully saturated rings. The number of amides is 1. The Bertz CT molecular complexity index is 889. The van der Waals surface area contributed by atoms with Gasteiger partial charge in [-0.3, -0.25) is 9.69 Å². The zero-order valence-electron chi connectivity index (χ0n) is 13.8. The Kier molecular flexibility index (Phi) is 3.57. The molecule has 1 saturated carbocycles. The highest BCUT2D eigenvalue weighted by Crippen LogP contribution is 2.54. The van der Waals surface area contributed by atoms with Gasteiger partial charge in [-0.15, -0.1) is 11.3 Å². The summed E-state index contributed by atoms with van der Waals surface area (Å²) in [6.07, 6.45) is 2.43. The third-order valence-electron chi connectivity index (χ3n) is 5.02. The summed E-state index contributed by atoms with van der Waals surface area (Å²) in [5.74, 6) is 0.172. The molecular formula is C18H19FN4OS. The van der Waals surface area contributed by atoms with Crippen molar-refractivity contribution in [2.24, 2.45) is 16.6 Å². The van der Waals surface area contributed by atoms with Crippen LogP contribution in [0.5, 0.6) is 0 Å². The lowest BCUT2D eigenvalue weighted by atomic mass is 9.86. The van der Waals surface area contributed by atoms with Crippen molar-refractivity contribution < 1.29 is 9.18 Å². The number of halogens is 1. The highest BCUT2D eigenvalue weighted by molar-refractivity contribution is 7.15. The summed E-state index contributed by atoms with van der Waals surface area (Å²) >= 11 is 1.57. The Balaban J connectivity index is 1.77. The van der Waals surface area contributed by atoms with Crippen LogP contribution in [0.3, 0.4) is 0 Å². The Morgan fingerprint density at radius 1 is 1.28 bits per heavy atom. The van der Waals surface area contributed by atoms with Gasteiger partial charge in [0.2, 0.25) is 5.91 Å². The van der Waals surface area contributed by atoms with Gasteiger partial charge in [0.25, 0.3) is 0 Å². The van der Waals surface area contributed by atoms with E-state index in [-0.39, 0.29) is 17.6 Å². The molecule has 130 valence electrons. The fourth-order valence-corrected chi connectivity index (χ4v) is 4.57. The predicted octanol–water partition coefficient (Wildman–Crippen LogP) is 2.92. The maximum atomic E-state index is 13.4. The minimum absolute atomic E-state index is 0.0135. The monoisotopic (exact) mass is 358 g/mol. The average molecular weight is 358 g/mol. The minimum Gasteiger partial charge on any atom is -0.396 e. The molecule has 1 aliphatic heterocycles. The molecular weight excluding hydrogens is 339 g/mol. The fraction of sp³-hybridized carbons (Fsp3) is 0.333. The molecule has 0 spiro atoms. The lowest BCUT2D eigenvalue weighted by molar-refractivity contribution is -0.128. The van der Waals surface area contributed by atoms with Crippen LogP contribution in [-0.2, 0) is 10.3 Å². The molecule has 2 aliphatic rings. The molecule has 25 heavy (non-hydrogen) atoms. The number of rotatable bonds is 3. The van der Waals surface area contributed by atoms with Crippen LogP contribution in [0.2, 0.25) is 0 Å². The molecule has 0 bridgehead atoms.